The van der Waals surface area contributed by atoms with E-state index in [2.05, 4.69) is 0 Å². The van der Waals surface area contributed by atoms with Crippen molar-refractivity contribution in [3.05, 3.63) is 27.7 Å². The monoisotopic (exact) mass is 295 g/mol. The molecule has 0 aliphatic heterocycles. The van der Waals surface area contributed by atoms with Gasteiger partial charge in [-0.15, -0.1) is 0 Å². The van der Waals surface area contributed by atoms with Crippen molar-refractivity contribution in [3.63, 3.8) is 0 Å². The maximum absolute atomic E-state index is 11.8. The molecule has 0 radical (unpaired) electrons. The van der Waals surface area contributed by atoms with Crippen molar-refractivity contribution in [1.82, 2.24) is 0 Å². The molecule has 0 aromatic heterocycles. The van der Waals surface area contributed by atoms with Gasteiger partial charge in [0.05, 0.1) is 10.0 Å². The van der Waals surface area contributed by atoms with Crippen molar-refractivity contribution in [2.24, 2.45) is 11.1 Å². The van der Waals surface area contributed by atoms with Crippen LogP contribution in [0.5, 0.6) is 0 Å². The zero-order chi connectivity index (χ0) is 13.4. The summed E-state index contributed by atoms with van der Waals surface area (Å²) in [6.07, 6.45) is 0. The van der Waals surface area contributed by atoms with E-state index in [1.807, 2.05) is 0 Å². The molecular formula is C10H11Cl2NO3S. The first-order valence-corrected chi connectivity index (χ1v) is 7.01. The van der Waals surface area contributed by atoms with Gasteiger partial charge in [-0.25, -0.2) is 13.6 Å². The van der Waals surface area contributed by atoms with Crippen LogP contribution >= 0.6 is 23.2 Å². The smallest absolute Gasteiger partial charge is 0.241 e. The molecule has 0 heterocycles. The van der Waals surface area contributed by atoms with Gasteiger partial charge in [0.25, 0.3) is 0 Å². The topological polar surface area (TPSA) is 77.2 Å². The van der Waals surface area contributed by atoms with Crippen LogP contribution in [0.1, 0.15) is 24.2 Å². The average molecular weight is 296 g/mol. The zero-order valence-electron chi connectivity index (χ0n) is 9.20. The fourth-order valence-corrected chi connectivity index (χ4v) is 3.10. The van der Waals surface area contributed by atoms with Gasteiger partial charge in [0.1, 0.15) is 4.90 Å². The molecule has 1 aromatic carbocycles. The Morgan fingerprint density at radius 3 is 2.24 bits per heavy atom. The lowest BCUT2D eigenvalue weighted by Crippen LogP contribution is -2.16. The number of rotatable bonds is 3. The van der Waals surface area contributed by atoms with E-state index in [4.69, 9.17) is 28.3 Å². The SMILES string of the molecule is CC(C)C(=O)c1ccc(Cl)c(S(N)(=O)=O)c1Cl. The van der Waals surface area contributed by atoms with Crippen molar-refractivity contribution >= 4 is 39.0 Å². The Balaban J connectivity index is 3.56. The standard InChI is InChI=1S/C10H11Cl2NO3S/c1-5(2)9(14)6-3-4-7(11)10(8(6)12)17(13,15)16/h3-5H,1-2H3,(H2,13,15,16). The molecule has 1 rings (SSSR count). The molecule has 0 unspecified atom stereocenters. The summed E-state index contributed by atoms with van der Waals surface area (Å²) in [6.45, 7) is 3.37. The Hall–Kier alpha value is -0.620. The second kappa shape index (κ2) is 4.94. The fourth-order valence-electron chi connectivity index (χ4n) is 1.29. The maximum atomic E-state index is 11.8. The van der Waals surface area contributed by atoms with E-state index in [-0.39, 0.29) is 27.3 Å². The Labute approximate surface area is 110 Å². The minimum Gasteiger partial charge on any atom is -0.294 e. The molecule has 0 saturated heterocycles. The van der Waals surface area contributed by atoms with Crippen LogP contribution in [0.4, 0.5) is 0 Å². The average Bonchev–Trinajstić information content (AvgIpc) is 2.14. The van der Waals surface area contributed by atoms with Crippen molar-refractivity contribution in [3.8, 4) is 0 Å². The minimum absolute atomic E-state index is 0.0993. The lowest BCUT2D eigenvalue weighted by Gasteiger charge is -2.10. The molecule has 7 heteroatoms. The Morgan fingerprint density at radius 2 is 1.82 bits per heavy atom. The lowest BCUT2D eigenvalue weighted by atomic mass is 10.0. The maximum Gasteiger partial charge on any atom is 0.241 e. The molecule has 0 spiro atoms. The molecule has 0 aliphatic rings. The van der Waals surface area contributed by atoms with Gasteiger partial charge in [0.2, 0.25) is 10.0 Å². The Kier molecular flexibility index (Phi) is 4.19. The quantitative estimate of drug-likeness (QED) is 0.870. The van der Waals surface area contributed by atoms with Crippen LogP contribution in [-0.4, -0.2) is 14.2 Å². The number of nitrogens with two attached hydrogens (primary N) is 1. The third-order valence-electron chi connectivity index (χ3n) is 2.12. The van der Waals surface area contributed by atoms with Crippen molar-refractivity contribution in [2.75, 3.05) is 0 Å². The van der Waals surface area contributed by atoms with E-state index >= 15 is 0 Å². The fraction of sp³-hybridized carbons (Fsp3) is 0.300. The van der Waals surface area contributed by atoms with Gasteiger partial charge >= 0.3 is 0 Å². The first kappa shape index (κ1) is 14.4. The molecule has 0 amide bonds. The van der Waals surface area contributed by atoms with Crippen molar-refractivity contribution in [2.45, 2.75) is 18.7 Å². The second-order valence-corrected chi connectivity index (χ2v) is 6.09. The number of ketones is 1. The molecule has 94 valence electrons. The van der Waals surface area contributed by atoms with Gasteiger partial charge in [-0.05, 0) is 12.1 Å². The number of Topliss-reactive ketones (excluding diaryl/α,β-unsaturated/α-hetero) is 1. The van der Waals surface area contributed by atoms with E-state index in [0.29, 0.717) is 0 Å². The normalized spacial score (nSPS) is 11.9. The molecule has 0 aliphatic carbocycles. The summed E-state index contributed by atoms with van der Waals surface area (Å²) in [5.41, 5.74) is 0.107. The number of carbonyl (C=O) groups is 1. The molecule has 0 saturated carbocycles. The minimum atomic E-state index is -4.06. The Morgan fingerprint density at radius 1 is 1.29 bits per heavy atom. The van der Waals surface area contributed by atoms with E-state index < -0.39 is 14.9 Å². The molecule has 2 N–H and O–H groups in total. The molecule has 17 heavy (non-hydrogen) atoms. The van der Waals surface area contributed by atoms with E-state index in [0.717, 1.165) is 0 Å². The van der Waals surface area contributed by atoms with Gasteiger partial charge in [0, 0.05) is 11.5 Å². The summed E-state index contributed by atoms with van der Waals surface area (Å²) in [6, 6.07) is 2.68. The van der Waals surface area contributed by atoms with Crippen LogP contribution in [-0.2, 0) is 10.0 Å². The van der Waals surface area contributed by atoms with Crippen LogP contribution < -0.4 is 5.14 Å². The van der Waals surface area contributed by atoms with E-state index in [1.54, 1.807) is 13.8 Å². The summed E-state index contributed by atoms with van der Waals surface area (Å²) in [4.78, 5) is 11.4. The van der Waals surface area contributed by atoms with Crippen LogP contribution in [0, 0.1) is 5.92 Å². The summed E-state index contributed by atoms with van der Waals surface area (Å²) >= 11 is 11.6. The van der Waals surface area contributed by atoms with Gasteiger partial charge in [0.15, 0.2) is 5.78 Å². The largest absolute Gasteiger partial charge is 0.294 e. The number of primary sulfonamides is 1. The second-order valence-electron chi connectivity index (χ2n) is 3.80. The predicted octanol–water partition coefficient (Wildman–Crippen LogP) is 2.48. The summed E-state index contributed by atoms with van der Waals surface area (Å²) < 4.78 is 22.6. The first-order chi connectivity index (χ1) is 7.66. The number of hydrogen-bond acceptors (Lipinski definition) is 3. The summed E-state index contributed by atoms with van der Waals surface area (Å²) in [5.74, 6) is -0.571. The van der Waals surface area contributed by atoms with Crippen molar-refractivity contribution < 1.29 is 13.2 Å². The number of hydrogen-bond donors (Lipinski definition) is 1. The third kappa shape index (κ3) is 2.98. The highest BCUT2D eigenvalue weighted by Crippen LogP contribution is 2.32. The van der Waals surface area contributed by atoms with Gasteiger partial charge < -0.3 is 0 Å². The number of halogens is 2. The van der Waals surface area contributed by atoms with Gasteiger partial charge in [-0.1, -0.05) is 37.0 Å². The molecule has 1 aromatic rings. The highest BCUT2D eigenvalue weighted by atomic mass is 35.5. The third-order valence-corrected chi connectivity index (χ3v) is 4.05. The zero-order valence-corrected chi connectivity index (χ0v) is 11.5. The van der Waals surface area contributed by atoms with Crippen LogP contribution in [0.3, 0.4) is 0 Å². The lowest BCUT2D eigenvalue weighted by molar-refractivity contribution is 0.0939. The summed E-state index contributed by atoms with van der Waals surface area (Å²) in [5, 5.41) is 4.67. The predicted molar refractivity (Wildman–Crippen MR) is 67.0 cm³/mol. The van der Waals surface area contributed by atoms with Gasteiger partial charge in [-0.3, -0.25) is 4.79 Å². The Bertz CT molecular complexity index is 567. The van der Waals surface area contributed by atoms with Gasteiger partial charge in [-0.2, -0.15) is 0 Å². The van der Waals surface area contributed by atoms with E-state index in [1.165, 1.54) is 12.1 Å². The number of benzene rings is 1. The van der Waals surface area contributed by atoms with Crippen LogP contribution in [0.2, 0.25) is 10.0 Å². The molecule has 0 fully saturated rings. The first-order valence-electron chi connectivity index (χ1n) is 4.71. The number of sulfonamides is 1. The highest BCUT2D eigenvalue weighted by Gasteiger charge is 2.24. The molecular weight excluding hydrogens is 285 g/mol. The van der Waals surface area contributed by atoms with Crippen molar-refractivity contribution in [1.29, 1.82) is 0 Å². The van der Waals surface area contributed by atoms with Crippen LogP contribution in [0.25, 0.3) is 0 Å². The summed E-state index contributed by atoms with van der Waals surface area (Å²) in [7, 11) is -4.06. The molecule has 4 nitrogen and oxygen atoms in total. The number of carbonyl (C=O) groups excluding carboxylic acids is 1. The molecule has 0 bridgehead atoms. The van der Waals surface area contributed by atoms with Crippen LogP contribution in [0.15, 0.2) is 17.0 Å². The van der Waals surface area contributed by atoms with E-state index in [9.17, 15) is 13.2 Å². The highest BCUT2D eigenvalue weighted by molar-refractivity contribution is 7.89. The molecule has 0 atom stereocenters.